The fourth-order valence-corrected chi connectivity index (χ4v) is 10.0. The van der Waals surface area contributed by atoms with Crippen LogP contribution in [0.1, 0.15) is 354 Å². The van der Waals surface area contributed by atoms with E-state index in [9.17, 15) is 19.8 Å². The van der Waals surface area contributed by atoms with Gasteiger partial charge in [-0.25, -0.2) is 0 Å². The number of ether oxygens (including phenoxy) is 1. The summed E-state index contributed by atoms with van der Waals surface area (Å²) in [5.74, 6) is -0.0564. The number of rotatable bonds is 60. The summed E-state index contributed by atoms with van der Waals surface area (Å²) >= 11 is 0. The second kappa shape index (κ2) is 60.9. The Balaban J connectivity index is 3.37. The lowest BCUT2D eigenvalue weighted by atomic mass is 10.0. The molecule has 0 aliphatic rings. The van der Waals surface area contributed by atoms with E-state index in [0.29, 0.717) is 19.4 Å². The zero-order valence-electron chi connectivity index (χ0n) is 48.0. The van der Waals surface area contributed by atoms with Gasteiger partial charge in [-0.15, -0.1) is 0 Å². The van der Waals surface area contributed by atoms with Crippen molar-refractivity contribution >= 4 is 11.9 Å². The minimum Gasteiger partial charge on any atom is -0.466 e. The van der Waals surface area contributed by atoms with Gasteiger partial charge in [0.05, 0.1) is 25.4 Å². The third kappa shape index (κ3) is 57.5. The van der Waals surface area contributed by atoms with Gasteiger partial charge in [0.2, 0.25) is 5.91 Å². The highest BCUT2D eigenvalue weighted by Crippen LogP contribution is 2.18. The molecule has 0 bridgehead atoms. The summed E-state index contributed by atoms with van der Waals surface area (Å²) in [5, 5.41) is 23.1. The summed E-state index contributed by atoms with van der Waals surface area (Å²) in [6.07, 6.45) is 75.1. The number of nitrogens with one attached hydrogen (secondary N) is 1. The SMILES string of the molecule is CCCCCCCC/C=C\CCCCCCCC(=O)OCCCCCCCCCCCCCCCCCCCCCCCCCCCC(=O)NC(CO)C(O)/C=C/CCCCCCCCCCCCCC. The molecule has 0 aliphatic heterocycles. The molecule has 0 spiro atoms. The summed E-state index contributed by atoms with van der Waals surface area (Å²) < 4.78 is 5.49. The van der Waals surface area contributed by atoms with E-state index < -0.39 is 12.1 Å². The van der Waals surface area contributed by atoms with E-state index >= 15 is 0 Å². The Morgan fingerprint density at radius 2 is 0.662 bits per heavy atom. The first kappa shape index (κ1) is 69.3. The van der Waals surface area contributed by atoms with E-state index in [1.54, 1.807) is 6.08 Å². The van der Waals surface area contributed by atoms with Crippen LogP contribution in [0.2, 0.25) is 0 Å². The minimum absolute atomic E-state index is 0.00837. The van der Waals surface area contributed by atoms with Gasteiger partial charge in [0.1, 0.15) is 0 Å². The fourth-order valence-electron chi connectivity index (χ4n) is 10.0. The van der Waals surface area contributed by atoms with E-state index in [1.807, 2.05) is 6.08 Å². The van der Waals surface area contributed by atoms with Crippen molar-refractivity contribution in [2.24, 2.45) is 0 Å². The Morgan fingerprint density at radius 3 is 1.00 bits per heavy atom. The van der Waals surface area contributed by atoms with Gasteiger partial charge in [-0.1, -0.05) is 308 Å². The number of aliphatic hydroxyl groups excluding tert-OH is 2. The predicted octanol–water partition coefficient (Wildman–Crippen LogP) is 20.2. The normalized spacial score (nSPS) is 12.7. The minimum atomic E-state index is -0.842. The molecular formula is C65H125NO5. The molecule has 0 aromatic carbocycles. The molecule has 6 nitrogen and oxygen atoms in total. The molecule has 0 rings (SSSR count). The molecule has 1 amide bonds. The van der Waals surface area contributed by atoms with Crippen molar-refractivity contribution in [3.63, 3.8) is 0 Å². The first-order valence-corrected chi connectivity index (χ1v) is 32.1. The Bertz CT molecular complexity index is 1110. The molecule has 71 heavy (non-hydrogen) atoms. The number of esters is 1. The van der Waals surface area contributed by atoms with Crippen molar-refractivity contribution < 1.29 is 24.5 Å². The van der Waals surface area contributed by atoms with Gasteiger partial charge in [-0.3, -0.25) is 9.59 Å². The molecule has 0 saturated carbocycles. The highest BCUT2D eigenvalue weighted by Gasteiger charge is 2.18. The number of hydrogen-bond donors (Lipinski definition) is 3. The van der Waals surface area contributed by atoms with Crippen LogP contribution in [0.5, 0.6) is 0 Å². The Hall–Kier alpha value is -1.66. The van der Waals surface area contributed by atoms with Crippen molar-refractivity contribution in [2.75, 3.05) is 13.2 Å². The van der Waals surface area contributed by atoms with Crippen molar-refractivity contribution in [3.8, 4) is 0 Å². The average molecular weight is 1000 g/mol. The van der Waals surface area contributed by atoms with Crippen LogP contribution in [0.3, 0.4) is 0 Å². The zero-order chi connectivity index (χ0) is 51.4. The van der Waals surface area contributed by atoms with Gasteiger partial charge in [0, 0.05) is 12.8 Å². The van der Waals surface area contributed by atoms with Crippen molar-refractivity contribution in [3.05, 3.63) is 24.3 Å². The van der Waals surface area contributed by atoms with Crippen molar-refractivity contribution in [1.82, 2.24) is 5.32 Å². The maximum Gasteiger partial charge on any atom is 0.305 e. The molecule has 0 aromatic heterocycles. The van der Waals surface area contributed by atoms with Crippen LogP contribution in [-0.2, 0) is 14.3 Å². The number of carbonyl (C=O) groups excluding carboxylic acids is 2. The number of aliphatic hydroxyl groups is 2. The van der Waals surface area contributed by atoms with Crippen LogP contribution in [0.4, 0.5) is 0 Å². The van der Waals surface area contributed by atoms with Crippen LogP contribution in [0.25, 0.3) is 0 Å². The molecule has 0 aromatic rings. The van der Waals surface area contributed by atoms with Gasteiger partial charge < -0.3 is 20.3 Å². The molecule has 420 valence electrons. The van der Waals surface area contributed by atoms with Gasteiger partial charge in [0.15, 0.2) is 0 Å². The van der Waals surface area contributed by atoms with E-state index in [2.05, 4.69) is 31.3 Å². The Morgan fingerprint density at radius 1 is 0.380 bits per heavy atom. The molecule has 0 saturated heterocycles. The quantitative estimate of drug-likeness (QED) is 0.0320. The molecule has 2 unspecified atom stereocenters. The zero-order valence-corrected chi connectivity index (χ0v) is 48.0. The van der Waals surface area contributed by atoms with Crippen molar-refractivity contribution in [2.45, 2.75) is 366 Å². The number of carbonyl (C=O) groups is 2. The summed E-state index contributed by atoms with van der Waals surface area (Å²) in [6.45, 7) is 4.91. The van der Waals surface area contributed by atoms with Gasteiger partial charge in [-0.05, 0) is 57.8 Å². The molecule has 3 N–H and O–H groups in total. The average Bonchev–Trinajstić information content (AvgIpc) is 3.37. The molecule has 0 aliphatic carbocycles. The molecule has 0 radical (unpaired) electrons. The second-order valence-corrected chi connectivity index (χ2v) is 22.1. The first-order valence-electron chi connectivity index (χ1n) is 32.1. The lowest BCUT2D eigenvalue weighted by Crippen LogP contribution is -2.45. The van der Waals surface area contributed by atoms with Gasteiger partial charge in [-0.2, -0.15) is 0 Å². The summed E-state index contributed by atoms with van der Waals surface area (Å²) in [5.41, 5.74) is 0. The number of unbranched alkanes of at least 4 members (excludes halogenated alkanes) is 47. The summed E-state index contributed by atoms with van der Waals surface area (Å²) in [6, 6.07) is -0.626. The topological polar surface area (TPSA) is 95.9 Å². The maximum absolute atomic E-state index is 12.5. The Kier molecular flexibility index (Phi) is 59.5. The highest BCUT2D eigenvalue weighted by molar-refractivity contribution is 5.76. The first-order chi connectivity index (χ1) is 35.0. The van der Waals surface area contributed by atoms with Crippen LogP contribution in [0, 0.1) is 0 Å². The lowest BCUT2D eigenvalue weighted by Gasteiger charge is -2.20. The van der Waals surface area contributed by atoms with E-state index in [4.69, 9.17) is 4.74 Å². The third-order valence-electron chi connectivity index (χ3n) is 15.0. The number of allylic oxidation sites excluding steroid dienone is 3. The van der Waals surface area contributed by atoms with E-state index in [0.717, 1.165) is 44.9 Å². The smallest absolute Gasteiger partial charge is 0.305 e. The fraction of sp³-hybridized carbons (Fsp3) is 0.908. The van der Waals surface area contributed by atoms with Gasteiger partial charge >= 0.3 is 5.97 Å². The standard InChI is InChI=1S/C65H125NO5/c1-3-5-7-9-11-13-15-17-30-35-39-43-47-51-55-59-65(70)71-60-56-52-48-44-40-36-32-29-27-25-23-21-19-20-22-24-26-28-31-34-38-42-46-50-54-58-64(69)66-62(61-67)63(68)57-53-49-45-41-37-33-18-16-14-12-10-8-6-4-2/h17,30,53,57,62-63,67-68H,3-16,18-29,31-52,54-56,58-61H2,1-2H3,(H,66,69)/b30-17-,57-53+. The number of hydrogen-bond acceptors (Lipinski definition) is 5. The maximum atomic E-state index is 12.5. The highest BCUT2D eigenvalue weighted by atomic mass is 16.5. The van der Waals surface area contributed by atoms with Gasteiger partial charge in [0.25, 0.3) is 0 Å². The van der Waals surface area contributed by atoms with Crippen LogP contribution < -0.4 is 5.32 Å². The Labute approximate surface area is 443 Å². The monoisotopic (exact) mass is 1000 g/mol. The third-order valence-corrected chi connectivity index (χ3v) is 15.0. The van der Waals surface area contributed by atoms with Crippen LogP contribution >= 0.6 is 0 Å². The van der Waals surface area contributed by atoms with Crippen molar-refractivity contribution in [1.29, 1.82) is 0 Å². The van der Waals surface area contributed by atoms with Crippen LogP contribution in [0.15, 0.2) is 24.3 Å². The molecular weight excluding hydrogens is 875 g/mol. The predicted molar refractivity (Wildman–Crippen MR) is 310 cm³/mol. The molecule has 6 heteroatoms. The second-order valence-electron chi connectivity index (χ2n) is 22.1. The van der Waals surface area contributed by atoms with E-state index in [-0.39, 0.29) is 18.5 Å². The molecule has 0 fully saturated rings. The molecule has 2 atom stereocenters. The number of amides is 1. The van der Waals surface area contributed by atoms with E-state index in [1.165, 1.54) is 283 Å². The largest absolute Gasteiger partial charge is 0.466 e. The molecule has 0 heterocycles. The summed E-state index contributed by atoms with van der Waals surface area (Å²) in [4.78, 5) is 24.5. The van der Waals surface area contributed by atoms with Crippen LogP contribution in [-0.4, -0.2) is 47.4 Å². The lowest BCUT2D eigenvalue weighted by molar-refractivity contribution is -0.143. The summed E-state index contributed by atoms with van der Waals surface area (Å²) in [7, 11) is 0.